The first-order valence-electron chi connectivity index (χ1n) is 13.8. The molecule has 0 saturated heterocycles. The Morgan fingerprint density at radius 1 is 0.976 bits per heavy atom. The van der Waals surface area contributed by atoms with Crippen molar-refractivity contribution in [2.45, 2.75) is 66.4 Å². The average Bonchev–Trinajstić information content (AvgIpc) is 2.85. The number of nitrogens with one attached hydrogen (secondary N) is 1. The highest BCUT2D eigenvalue weighted by molar-refractivity contribution is 6.04. The van der Waals surface area contributed by atoms with E-state index in [0.29, 0.717) is 42.4 Å². The van der Waals surface area contributed by atoms with Crippen molar-refractivity contribution < 1.29 is 37.7 Å². The minimum atomic E-state index is -0.527. The maximum absolute atomic E-state index is 13.3. The molecule has 8 nitrogen and oxygen atoms in total. The van der Waals surface area contributed by atoms with E-state index >= 15 is 0 Å². The zero-order chi connectivity index (χ0) is 30.4. The molecule has 1 N–H and O–H groups in total. The normalized spacial score (nSPS) is 15.5. The molecule has 9 heteroatoms. The van der Waals surface area contributed by atoms with Gasteiger partial charge in [0.2, 0.25) is 0 Å². The van der Waals surface area contributed by atoms with Crippen LogP contribution >= 0.6 is 0 Å². The van der Waals surface area contributed by atoms with Crippen molar-refractivity contribution in [3.8, 4) is 11.5 Å². The first-order chi connectivity index (χ1) is 19.0. The summed E-state index contributed by atoms with van der Waals surface area (Å²) in [4.78, 5) is 37.6. The smallest absolute Gasteiger partial charge is 0.306 e. The minimum absolute atomic E-state index is 0.111. The van der Waals surface area contributed by atoms with E-state index in [1.54, 1.807) is 30.3 Å². The summed E-state index contributed by atoms with van der Waals surface area (Å²) in [6, 6.07) is 10.7. The number of ketones is 1. The van der Waals surface area contributed by atoms with Crippen molar-refractivity contribution in [3.63, 3.8) is 0 Å². The summed E-state index contributed by atoms with van der Waals surface area (Å²) in [6.45, 7) is 14.4. The number of carbonyl (C=O) groups is 3. The number of ether oxygens (including phenoxy) is 4. The van der Waals surface area contributed by atoms with Crippen molar-refractivity contribution in [2.24, 2.45) is 10.8 Å². The Bertz CT molecular complexity index is 1230. The van der Waals surface area contributed by atoms with Crippen LogP contribution in [0.15, 0.2) is 42.5 Å². The van der Waals surface area contributed by atoms with Crippen LogP contribution in [0.5, 0.6) is 11.5 Å². The van der Waals surface area contributed by atoms with Gasteiger partial charge in [0.05, 0.1) is 31.1 Å². The van der Waals surface area contributed by atoms with Gasteiger partial charge in [0, 0.05) is 18.0 Å². The van der Waals surface area contributed by atoms with Crippen LogP contribution in [0, 0.1) is 16.6 Å². The molecule has 1 unspecified atom stereocenters. The second-order valence-corrected chi connectivity index (χ2v) is 13.1. The van der Waals surface area contributed by atoms with E-state index in [9.17, 15) is 18.8 Å². The van der Waals surface area contributed by atoms with Gasteiger partial charge in [0.25, 0.3) is 5.91 Å². The minimum Gasteiger partial charge on any atom is -0.492 e. The summed E-state index contributed by atoms with van der Waals surface area (Å²) < 4.78 is 36.0. The summed E-state index contributed by atoms with van der Waals surface area (Å²) in [5, 5.41) is 2.87. The monoisotopic (exact) mass is 571 g/mol. The number of fused-ring (bicyclic) bond motifs is 1. The van der Waals surface area contributed by atoms with Gasteiger partial charge in [0.15, 0.2) is 12.4 Å². The Labute approximate surface area is 241 Å². The molecule has 0 radical (unpaired) electrons. The zero-order valence-corrected chi connectivity index (χ0v) is 25.1. The predicted octanol–water partition coefficient (Wildman–Crippen LogP) is 5.48. The topological polar surface area (TPSA) is 100 Å². The molecule has 41 heavy (non-hydrogen) atoms. The van der Waals surface area contributed by atoms with Crippen LogP contribution in [0.3, 0.4) is 0 Å². The molecule has 0 bridgehead atoms. The predicted molar refractivity (Wildman–Crippen MR) is 153 cm³/mol. The van der Waals surface area contributed by atoms with Gasteiger partial charge in [-0.15, -0.1) is 0 Å². The molecular weight excluding hydrogens is 529 g/mol. The molecule has 0 aromatic heterocycles. The van der Waals surface area contributed by atoms with Gasteiger partial charge in [-0.05, 0) is 56.0 Å². The van der Waals surface area contributed by atoms with Gasteiger partial charge in [-0.1, -0.05) is 39.8 Å². The average molecular weight is 572 g/mol. The van der Waals surface area contributed by atoms with Crippen LogP contribution in [0.1, 0.15) is 76.7 Å². The highest BCUT2D eigenvalue weighted by Gasteiger charge is 2.31. The SMILES string of the molecule is CC(C)(CNC(=O)COc1ccc2c(c1)OCC(c1ccc(F)cc1)C2=O)COCC(C)(C)CC(=O)OC(C)(C)C. The fourth-order valence-electron chi connectivity index (χ4n) is 4.31. The Hall–Kier alpha value is -3.46. The van der Waals surface area contributed by atoms with Crippen LogP contribution in [-0.2, 0) is 19.1 Å². The van der Waals surface area contributed by atoms with E-state index in [4.69, 9.17) is 18.9 Å². The summed E-state index contributed by atoms with van der Waals surface area (Å²) in [7, 11) is 0. The van der Waals surface area contributed by atoms with E-state index in [1.165, 1.54) is 12.1 Å². The van der Waals surface area contributed by atoms with E-state index in [0.717, 1.165) is 0 Å². The number of rotatable bonds is 12. The summed E-state index contributed by atoms with van der Waals surface area (Å²) in [6.07, 6.45) is 0.246. The maximum atomic E-state index is 13.3. The number of hydrogen-bond donors (Lipinski definition) is 1. The van der Waals surface area contributed by atoms with Gasteiger partial charge in [-0.3, -0.25) is 14.4 Å². The van der Waals surface area contributed by atoms with Crippen LogP contribution in [0.25, 0.3) is 0 Å². The highest BCUT2D eigenvalue weighted by Crippen LogP contribution is 2.35. The number of benzene rings is 2. The third-order valence-electron chi connectivity index (χ3n) is 6.38. The first kappa shape index (κ1) is 32.1. The first-order valence-corrected chi connectivity index (χ1v) is 13.8. The molecular formula is C32H42FNO7. The molecule has 1 aliphatic heterocycles. The molecule has 1 amide bonds. The third-order valence-corrected chi connectivity index (χ3v) is 6.38. The van der Waals surface area contributed by atoms with Crippen molar-refractivity contribution in [1.29, 1.82) is 0 Å². The Morgan fingerprint density at radius 3 is 2.29 bits per heavy atom. The molecule has 0 fully saturated rings. The summed E-state index contributed by atoms with van der Waals surface area (Å²) in [5.41, 5.74) is -0.157. The molecule has 1 aliphatic rings. The molecule has 3 rings (SSSR count). The fourth-order valence-corrected chi connectivity index (χ4v) is 4.31. The Balaban J connectivity index is 1.42. The molecule has 224 valence electrons. The van der Waals surface area contributed by atoms with E-state index in [-0.39, 0.29) is 53.9 Å². The Morgan fingerprint density at radius 2 is 1.63 bits per heavy atom. The zero-order valence-electron chi connectivity index (χ0n) is 25.1. The van der Waals surface area contributed by atoms with Gasteiger partial charge in [-0.2, -0.15) is 0 Å². The van der Waals surface area contributed by atoms with Gasteiger partial charge in [-0.25, -0.2) is 4.39 Å². The maximum Gasteiger partial charge on any atom is 0.306 e. The van der Waals surface area contributed by atoms with Crippen LogP contribution < -0.4 is 14.8 Å². The molecule has 1 heterocycles. The molecule has 2 aromatic carbocycles. The summed E-state index contributed by atoms with van der Waals surface area (Å²) in [5.74, 6) is -0.750. The molecule has 1 atom stereocenters. The second kappa shape index (κ2) is 13.0. The standard InChI is InChI=1S/C32H42FNO7/c1-30(2,3)41-28(36)15-31(4,5)19-38-20-32(6,7)18-34-27(35)17-39-23-12-13-24-26(14-23)40-16-25(29(24)37)21-8-10-22(33)11-9-21/h8-14,25H,15-20H2,1-7H3,(H,34,35). The quantitative estimate of drug-likeness (QED) is 0.337. The molecule has 0 saturated carbocycles. The third kappa shape index (κ3) is 10.1. The fraction of sp³-hybridized carbons (Fsp3) is 0.531. The number of carbonyl (C=O) groups excluding carboxylic acids is 3. The molecule has 0 aliphatic carbocycles. The molecule has 2 aromatic rings. The van der Waals surface area contributed by atoms with Crippen LogP contribution in [-0.4, -0.2) is 56.2 Å². The number of Topliss-reactive ketones (excluding diaryl/α,β-unsaturated/α-hetero) is 1. The Kier molecular flexibility index (Phi) is 10.2. The van der Waals surface area contributed by atoms with Crippen molar-refractivity contribution in [2.75, 3.05) is 33.0 Å². The number of halogens is 1. The van der Waals surface area contributed by atoms with E-state index < -0.39 is 11.5 Å². The van der Waals surface area contributed by atoms with Crippen molar-refractivity contribution in [1.82, 2.24) is 5.32 Å². The largest absolute Gasteiger partial charge is 0.492 e. The molecule has 0 spiro atoms. The van der Waals surface area contributed by atoms with Gasteiger partial charge >= 0.3 is 5.97 Å². The lowest BCUT2D eigenvalue weighted by atomic mass is 9.89. The summed E-state index contributed by atoms with van der Waals surface area (Å²) >= 11 is 0. The lowest BCUT2D eigenvalue weighted by Gasteiger charge is -2.29. The lowest BCUT2D eigenvalue weighted by Crippen LogP contribution is -2.39. The number of esters is 1. The van der Waals surface area contributed by atoms with Crippen molar-refractivity contribution >= 4 is 17.7 Å². The van der Waals surface area contributed by atoms with E-state index in [1.807, 2.05) is 48.5 Å². The van der Waals surface area contributed by atoms with Crippen molar-refractivity contribution in [3.05, 3.63) is 59.4 Å². The van der Waals surface area contributed by atoms with Gasteiger partial charge < -0.3 is 24.3 Å². The second-order valence-electron chi connectivity index (χ2n) is 13.1. The van der Waals surface area contributed by atoms with Gasteiger partial charge in [0.1, 0.15) is 29.5 Å². The number of amides is 1. The van der Waals surface area contributed by atoms with Crippen LogP contribution in [0.2, 0.25) is 0 Å². The number of hydrogen-bond acceptors (Lipinski definition) is 7. The highest BCUT2D eigenvalue weighted by atomic mass is 19.1. The van der Waals surface area contributed by atoms with E-state index in [2.05, 4.69) is 5.32 Å². The lowest BCUT2D eigenvalue weighted by molar-refractivity contribution is -0.158. The van der Waals surface area contributed by atoms with Crippen LogP contribution in [0.4, 0.5) is 4.39 Å².